The second kappa shape index (κ2) is 26.8. The third-order valence-electron chi connectivity index (χ3n) is 17.3. The summed E-state index contributed by atoms with van der Waals surface area (Å²) in [7, 11) is 0. The number of rotatable bonds is 8. The highest BCUT2D eigenvalue weighted by Gasteiger charge is 2.59. The monoisotopic (exact) mass is 1240 g/mol. The van der Waals surface area contributed by atoms with Gasteiger partial charge in [0.05, 0.1) is 45.3 Å². The molecule has 87 heavy (non-hydrogen) atoms. The number of hydrogen-bond donors (Lipinski definition) is 17. The average molecular weight is 1250 g/mol. The van der Waals surface area contributed by atoms with Gasteiger partial charge in [-0.15, -0.1) is 5.10 Å². The first kappa shape index (κ1) is 64.7. The maximum absolute atomic E-state index is 12.3. The zero-order valence-electron chi connectivity index (χ0n) is 46.8. The molecule has 33 heteroatoms. The first-order valence-electron chi connectivity index (χ1n) is 28.7. The zero-order valence-corrected chi connectivity index (χ0v) is 46.8. The topological polar surface area (TPSA) is 489 Å². The van der Waals surface area contributed by atoms with E-state index >= 15 is 0 Å². The van der Waals surface area contributed by atoms with Gasteiger partial charge in [-0.05, 0) is 25.5 Å². The van der Waals surface area contributed by atoms with Gasteiger partial charge in [-0.3, -0.25) is 0 Å². The fourth-order valence-electron chi connectivity index (χ4n) is 12.5. The lowest BCUT2D eigenvalue weighted by atomic mass is 9.94. The van der Waals surface area contributed by atoms with Gasteiger partial charge < -0.3 is 149 Å². The summed E-state index contributed by atoms with van der Waals surface area (Å²) in [5.74, 6) is 0. The molecule has 3 aromatic rings. The van der Waals surface area contributed by atoms with Crippen LogP contribution in [-0.2, 0) is 69.9 Å². The Hall–Kier alpha value is -3.78. The maximum Gasteiger partial charge on any atom is 0.187 e. The van der Waals surface area contributed by atoms with Crippen molar-refractivity contribution in [2.24, 2.45) is 0 Å². The quantitative estimate of drug-likeness (QED) is 0.0996. The van der Waals surface area contributed by atoms with Crippen molar-refractivity contribution in [3.8, 4) is 22.5 Å². The predicted molar refractivity (Wildman–Crippen MR) is 281 cm³/mol. The number of aliphatic hydroxyl groups is 17. The minimum absolute atomic E-state index is 0.0304. The van der Waals surface area contributed by atoms with Gasteiger partial charge in [-0.2, -0.15) is 0 Å². The molecule has 30 unspecified atom stereocenters. The lowest BCUT2D eigenvalue weighted by molar-refractivity contribution is -0.403. The third kappa shape index (κ3) is 12.1. The van der Waals surface area contributed by atoms with Crippen LogP contribution in [-0.4, -0.2) is 325 Å². The molecule has 33 nitrogen and oxygen atoms in total. The molecule has 12 bridgehead atoms. The summed E-state index contributed by atoms with van der Waals surface area (Å²) in [6.45, 7) is -0.947. The number of anilines is 1. The Bertz CT molecular complexity index is 2750. The summed E-state index contributed by atoms with van der Waals surface area (Å²) < 4.78 is 72.8. The van der Waals surface area contributed by atoms with Crippen LogP contribution < -0.4 is 4.90 Å². The third-order valence-corrected chi connectivity index (χ3v) is 17.3. The number of ether oxygens (including phenoxy) is 12. The predicted octanol–water partition coefficient (Wildman–Crippen LogP) is -8.69. The number of fused-ring (bicyclic) bond motifs is 5. The van der Waals surface area contributed by atoms with E-state index < -0.39 is 224 Å². The van der Waals surface area contributed by atoms with Crippen molar-refractivity contribution < 1.29 is 144 Å². The lowest BCUT2D eigenvalue weighted by Crippen LogP contribution is -2.69. The number of aliphatic hydroxyl groups excluding tert-OH is 17. The van der Waals surface area contributed by atoms with Crippen LogP contribution in [0.2, 0.25) is 0 Å². The normalized spacial score (nSPS) is 45.4. The molecule has 0 amide bonds. The van der Waals surface area contributed by atoms with Crippen molar-refractivity contribution in [1.29, 1.82) is 0 Å². The fraction of sp³-hybridized carbons (Fsp3) is 0.741. The highest BCUT2D eigenvalue weighted by Crippen LogP contribution is 2.44. The molecule has 1 aromatic heterocycles. The molecule has 30 atom stereocenters. The maximum atomic E-state index is 12.3. The van der Waals surface area contributed by atoms with Gasteiger partial charge in [0.25, 0.3) is 0 Å². The molecule has 23 aliphatic heterocycles. The number of hydrogen-bond acceptors (Lipinski definition) is 32. The number of benzene rings is 2. The second-order valence-corrected chi connectivity index (χ2v) is 23.0. The Kier molecular flexibility index (Phi) is 20.0. The summed E-state index contributed by atoms with van der Waals surface area (Å²) in [5, 5.41) is 202. The first-order valence-corrected chi connectivity index (χ1v) is 28.7. The standard InChI is InChI=1S/C54H76N4O29/c1-18(2)57-11-19-7-3-4-8-20(19)29-30(21-9-5-6-10-22(21)57)58(56-55-29)12-23-43-31(64)37(70)49(76-23)83-44-24(13-59)78-51(39(72)33(44)66)85-46-26(15-61)80-53(41(74)35(46)68)87-48-28(17-63)81-54(42(75)36(48)69)86-47-27(16-62)79-52(40(73)34(47)67)84-45-25(14-60)77-50(82-43)38(71)32(45)65/h3-10,18,23-28,31-54,59-75H,11-17H2,1-2H3. The van der Waals surface area contributed by atoms with E-state index in [0.29, 0.717) is 23.5 Å². The first-order chi connectivity index (χ1) is 41.7. The van der Waals surface area contributed by atoms with E-state index in [9.17, 15) is 86.8 Å². The Morgan fingerprint density at radius 3 is 1.02 bits per heavy atom. The largest absolute Gasteiger partial charge is 0.394 e. The molecule has 23 aliphatic rings. The van der Waals surface area contributed by atoms with E-state index in [0.717, 1.165) is 16.8 Å². The summed E-state index contributed by atoms with van der Waals surface area (Å²) in [5.41, 5.74) is 3.95. The van der Waals surface area contributed by atoms with E-state index in [2.05, 4.69) is 15.2 Å². The van der Waals surface area contributed by atoms with Crippen LogP contribution >= 0.6 is 0 Å². The summed E-state index contributed by atoms with van der Waals surface area (Å²) >= 11 is 0. The van der Waals surface area contributed by atoms with Gasteiger partial charge in [0.2, 0.25) is 0 Å². The SMILES string of the molecule is CC(C)N1Cc2ccccc2-c2nnn(CC3OC4OC5C(CO)OC(OC6C(CO)OC(OC7C(CO)OC(OC8C(CO)OC(OC9C(CO)OC(OC3C(O)C4O)C(O)C9O)C(O)C8O)C(O)C7O)C(O)C6O)C(O)C5O)c2-c2ccccc21. The van der Waals surface area contributed by atoms with Crippen LogP contribution in [0.25, 0.3) is 22.5 Å². The van der Waals surface area contributed by atoms with Crippen molar-refractivity contribution in [1.82, 2.24) is 15.0 Å². The van der Waals surface area contributed by atoms with Gasteiger partial charge in [-0.25, -0.2) is 4.68 Å². The van der Waals surface area contributed by atoms with E-state index in [1.165, 1.54) is 4.68 Å². The molecule has 2 aromatic carbocycles. The average Bonchev–Trinajstić information content (AvgIpc) is 2.58. The van der Waals surface area contributed by atoms with Crippen LogP contribution in [0.15, 0.2) is 48.5 Å². The Morgan fingerprint density at radius 2 is 0.690 bits per heavy atom. The Labute approximate surface area is 495 Å². The summed E-state index contributed by atoms with van der Waals surface area (Å²) in [6.07, 6.45) is -59.3. The molecule has 22 fully saturated rings. The number of nitrogens with zero attached hydrogens (tertiary/aromatic N) is 4. The number of para-hydroxylation sites is 1. The van der Waals surface area contributed by atoms with Crippen molar-refractivity contribution >= 4 is 5.69 Å². The molecule has 22 saturated heterocycles. The minimum atomic E-state index is -2.19. The van der Waals surface area contributed by atoms with Gasteiger partial charge in [0, 0.05) is 29.4 Å². The molecule has 0 radical (unpaired) electrons. The van der Waals surface area contributed by atoms with E-state index in [1.807, 2.05) is 62.4 Å². The summed E-state index contributed by atoms with van der Waals surface area (Å²) in [6, 6.07) is 15.0. The molecule has 24 heterocycles. The Balaban J connectivity index is 0.954. The molecule has 0 aliphatic carbocycles. The van der Waals surface area contributed by atoms with Crippen LogP contribution in [0.4, 0.5) is 5.69 Å². The van der Waals surface area contributed by atoms with Crippen LogP contribution in [0.5, 0.6) is 0 Å². The molecule has 0 spiro atoms. The zero-order chi connectivity index (χ0) is 62.0. The fourth-order valence-corrected chi connectivity index (χ4v) is 12.5. The van der Waals surface area contributed by atoms with Crippen LogP contribution in [0.3, 0.4) is 0 Å². The lowest BCUT2D eigenvalue weighted by Gasteiger charge is -2.50. The van der Waals surface area contributed by atoms with Crippen molar-refractivity contribution in [3.63, 3.8) is 0 Å². The smallest absolute Gasteiger partial charge is 0.187 e. The molecule has 486 valence electrons. The number of aromatic nitrogens is 3. The van der Waals surface area contributed by atoms with E-state index in [4.69, 9.17) is 56.8 Å². The Morgan fingerprint density at radius 1 is 0.391 bits per heavy atom. The minimum Gasteiger partial charge on any atom is -0.394 e. The molecule has 26 rings (SSSR count). The van der Waals surface area contributed by atoms with Crippen LogP contribution in [0, 0.1) is 0 Å². The molecular formula is C54H76N4O29. The van der Waals surface area contributed by atoms with Crippen LogP contribution in [0.1, 0.15) is 19.4 Å². The van der Waals surface area contributed by atoms with Gasteiger partial charge in [0.1, 0.15) is 152 Å². The molecule has 0 saturated carbocycles. The van der Waals surface area contributed by atoms with Gasteiger partial charge in [-0.1, -0.05) is 47.7 Å². The van der Waals surface area contributed by atoms with E-state index in [1.54, 1.807) is 0 Å². The van der Waals surface area contributed by atoms with Gasteiger partial charge >= 0.3 is 0 Å². The highest BCUT2D eigenvalue weighted by atomic mass is 16.8. The van der Waals surface area contributed by atoms with Crippen molar-refractivity contribution in [2.75, 3.05) is 37.9 Å². The highest BCUT2D eigenvalue weighted by molar-refractivity contribution is 5.88. The molecular weight excluding hydrogens is 1170 g/mol. The van der Waals surface area contributed by atoms with Gasteiger partial charge in [0.15, 0.2) is 37.7 Å². The molecule has 17 N–H and O–H groups in total. The van der Waals surface area contributed by atoms with E-state index in [-0.39, 0.29) is 6.04 Å². The van der Waals surface area contributed by atoms with Crippen molar-refractivity contribution in [3.05, 3.63) is 54.1 Å². The second-order valence-electron chi connectivity index (χ2n) is 23.0. The van der Waals surface area contributed by atoms with Crippen molar-refractivity contribution in [2.45, 2.75) is 217 Å². The summed E-state index contributed by atoms with van der Waals surface area (Å²) in [4.78, 5) is 2.18.